The minimum Gasteiger partial charge on any atom is -0.0619 e. The average Bonchev–Trinajstić information content (AvgIpc) is 2.17. The quantitative estimate of drug-likeness (QED) is 0.156. The Morgan fingerprint density at radius 3 is 0.753 bits per heavy atom. The summed E-state index contributed by atoms with van der Waals surface area (Å²) in [5, 5.41) is 0. The predicted molar refractivity (Wildman–Crippen MR) is 337 cm³/mol. The molecule has 12 aromatic rings. The molecule has 0 heteroatoms. The molecule has 0 N–H and O–H groups in total. The molecular formula is C81H60. The van der Waals surface area contributed by atoms with Gasteiger partial charge in [0.05, 0.1) is 16.2 Å². The minimum atomic E-state index is -0.633. The van der Waals surface area contributed by atoms with Crippen LogP contribution in [-0.2, 0) is 16.2 Å². The smallest absolute Gasteiger partial charge is 0.0619 e. The molecule has 0 radical (unpaired) electrons. The molecular weight excluding hydrogens is 973 g/mol. The molecule has 4 aliphatic carbocycles. The molecule has 0 saturated carbocycles. The summed E-state index contributed by atoms with van der Waals surface area (Å²) >= 11 is 0. The molecule has 0 bridgehead atoms. The Kier molecular flexibility index (Phi) is 10.2. The molecule has 0 amide bonds. The van der Waals surface area contributed by atoms with Crippen molar-refractivity contribution in [2.24, 2.45) is 0 Å². The molecule has 0 aromatic heterocycles. The van der Waals surface area contributed by atoms with Crippen molar-refractivity contribution in [3.63, 3.8) is 0 Å². The molecule has 0 nitrogen and oxygen atoms in total. The van der Waals surface area contributed by atoms with Gasteiger partial charge in [-0.05, 0) is 199 Å². The fourth-order valence-electron chi connectivity index (χ4n) is 15.5. The Morgan fingerprint density at radius 1 is 0.173 bits per heavy atom. The molecule has 1 spiro atoms. The SMILES string of the molecule is Cc1ccc(C2(c3ccc(C)cc3)c3ccccc3-c3ccc(-c4ccc5c(c4)C(c4ccc(C)cc4)(c4ccc(C)cc4)c4cc(-c6ccc7c(c6)C6(c8ccccc8-7)c7ccc(C)cc7-c7cc(C)ccc76)ccc4-5)cc32)cc1. The first-order chi connectivity index (χ1) is 39.6. The van der Waals surface area contributed by atoms with Crippen molar-refractivity contribution in [3.05, 3.63) is 355 Å². The van der Waals surface area contributed by atoms with Crippen LogP contribution in [0.3, 0.4) is 0 Å². The van der Waals surface area contributed by atoms with Gasteiger partial charge in [-0.25, -0.2) is 0 Å². The largest absolute Gasteiger partial charge is 0.0725 e. The lowest BCUT2D eigenvalue weighted by Crippen LogP contribution is -2.29. The summed E-state index contributed by atoms with van der Waals surface area (Å²) in [5.41, 5.74) is 37.1. The molecule has 0 unspecified atom stereocenters. The third-order valence-electron chi connectivity index (χ3n) is 19.3. The Balaban J connectivity index is 0.914. The van der Waals surface area contributed by atoms with Crippen LogP contribution in [0.5, 0.6) is 0 Å². The topological polar surface area (TPSA) is 0 Å². The van der Waals surface area contributed by atoms with E-state index >= 15 is 0 Å². The van der Waals surface area contributed by atoms with E-state index in [1.807, 2.05) is 0 Å². The second-order valence-electron chi connectivity index (χ2n) is 23.9. The highest BCUT2D eigenvalue weighted by Crippen LogP contribution is 2.64. The molecule has 0 atom stereocenters. The van der Waals surface area contributed by atoms with E-state index in [2.05, 4.69) is 296 Å². The van der Waals surface area contributed by atoms with Crippen LogP contribution in [0.4, 0.5) is 0 Å². The first kappa shape index (κ1) is 47.6. The van der Waals surface area contributed by atoms with Crippen LogP contribution in [0.15, 0.2) is 255 Å². The van der Waals surface area contributed by atoms with Crippen LogP contribution in [0.2, 0.25) is 0 Å². The molecule has 0 fully saturated rings. The summed E-state index contributed by atoms with van der Waals surface area (Å²) < 4.78 is 0. The van der Waals surface area contributed by atoms with Crippen LogP contribution >= 0.6 is 0 Å². The highest BCUT2D eigenvalue weighted by molar-refractivity contribution is 5.97. The van der Waals surface area contributed by atoms with Gasteiger partial charge in [-0.1, -0.05) is 264 Å². The number of hydrogen-bond donors (Lipinski definition) is 0. The normalized spacial score (nSPS) is 14.6. The Labute approximate surface area is 476 Å². The van der Waals surface area contributed by atoms with Crippen LogP contribution in [0.1, 0.15) is 100 Å². The van der Waals surface area contributed by atoms with Gasteiger partial charge in [0.2, 0.25) is 0 Å². The molecule has 0 saturated heterocycles. The van der Waals surface area contributed by atoms with Gasteiger partial charge in [-0.3, -0.25) is 0 Å². The van der Waals surface area contributed by atoms with Crippen molar-refractivity contribution in [3.8, 4) is 66.8 Å². The summed E-state index contributed by atoms with van der Waals surface area (Å²) in [5.74, 6) is 0. The fourth-order valence-corrected chi connectivity index (χ4v) is 15.5. The van der Waals surface area contributed by atoms with E-state index < -0.39 is 16.2 Å². The van der Waals surface area contributed by atoms with E-state index in [9.17, 15) is 0 Å². The lowest BCUT2D eigenvalue weighted by molar-refractivity contribution is 0.766. The van der Waals surface area contributed by atoms with Gasteiger partial charge in [0, 0.05) is 0 Å². The molecule has 16 rings (SSSR count). The van der Waals surface area contributed by atoms with E-state index in [4.69, 9.17) is 0 Å². The number of hydrogen-bond acceptors (Lipinski definition) is 0. The summed E-state index contributed by atoms with van der Waals surface area (Å²) in [4.78, 5) is 0. The van der Waals surface area contributed by atoms with E-state index in [0.29, 0.717) is 0 Å². The Morgan fingerprint density at radius 2 is 0.420 bits per heavy atom. The maximum absolute atomic E-state index is 2.55. The Bertz CT molecular complexity index is 4310. The van der Waals surface area contributed by atoms with Gasteiger partial charge in [-0.2, -0.15) is 0 Å². The van der Waals surface area contributed by atoms with Crippen LogP contribution in [0, 0.1) is 41.5 Å². The first-order valence-electron chi connectivity index (χ1n) is 28.9. The highest BCUT2D eigenvalue weighted by Gasteiger charge is 2.53. The molecule has 0 aliphatic heterocycles. The van der Waals surface area contributed by atoms with Gasteiger partial charge in [0.15, 0.2) is 0 Å². The average molecular weight is 1030 g/mol. The first-order valence-corrected chi connectivity index (χ1v) is 28.9. The zero-order chi connectivity index (χ0) is 54.5. The minimum absolute atomic E-state index is 0.439. The number of fused-ring (bicyclic) bond motifs is 16. The summed E-state index contributed by atoms with van der Waals surface area (Å²) in [6, 6.07) is 99.4. The second-order valence-corrected chi connectivity index (χ2v) is 23.9. The van der Waals surface area contributed by atoms with Gasteiger partial charge >= 0.3 is 0 Å². The van der Waals surface area contributed by atoms with Crippen LogP contribution < -0.4 is 0 Å². The van der Waals surface area contributed by atoms with Gasteiger partial charge in [-0.15, -0.1) is 0 Å². The van der Waals surface area contributed by atoms with E-state index in [1.54, 1.807) is 0 Å². The van der Waals surface area contributed by atoms with Crippen molar-refractivity contribution < 1.29 is 0 Å². The fraction of sp³-hybridized carbons (Fsp3) is 0.111. The summed E-state index contributed by atoms with van der Waals surface area (Å²) in [6.45, 7) is 13.2. The number of benzene rings is 12. The second kappa shape index (κ2) is 17.3. The maximum atomic E-state index is 2.55. The third kappa shape index (κ3) is 6.48. The standard InChI is InChI=1S/C81H60/c1-49-15-29-59(30-16-49)79(60-31-17-50(2)18-32-60)71-13-9-7-11-63(71)65-37-25-55(45-75(65)79)56-27-39-67-68-40-28-57(47-77(68)80(76(67)46-56,61-33-19-51(3)20-34-61)62-35-21-52(4)22-36-62)58-26-38-66-64-12-8-10-14-72(64)81(78(66)48-58)73-41-23-53(5)43-69(73)70-44-54(6)24-42-74(70)81/h7-48H,1-6H3. The summed E-state index contributed by atoms with van der Waals surface area (Å²) in [7, 11) is 0. The van der Waals surface area contributed by atoms with Crippen molar-refractivity contribution in [1.29, 1.82) is 0 Å². The van der Waals surface area contributed by atoms with Crippen molar-refractivity contribution in [2.75, 3.05) is 0 Å². The molecule has 0 heterocycles. The van der Waals surface area contributed by atoms with Crippen molar-refractivity contribution in [1.82, 2.24) is 0 Å². The van der Waals surface area contributed by atoms with Crippen molar-refractivity contribution >= 4 is 0 Å². The van der Waals surface area contributed by atoms with Gasteiger partial charge in [0.1, 0.15) is 0 Å². The van der Waals surface area contributed by atoms with Gasteiger partial charge < -0.3 is 0 Å². The van der Waals surface area contributed by atoms with E-state index in [-0.39, 0.29) is 0 Å². The zero-order valence-corrected chi connectivity index (χ0v) is 46.7. The third-order valence-corrected chi connectivity index (χ3v) is 19.3. The zero-order valence-electron chi connectivity index (χ0n) is 46.7. The number of rotatable bonds is 6. The molecule has 4 aliphatic rings. The lowest BCUT2D eigenvalue weighted by Gasteiger charge is -2.35. The van der Waals surface area contributed by atoms with Crippen LogP contribution in [-0.4, -0.2) is 0 Å². The Hall–Kier alpha value is -9.36. The maximum Gasteiger partial charge on any atom is 0.0725 e. The highest BCUT2D eigenvalue weighted by atomic mass is 14.5. The predicted octanol–water partition coefficient (Wildman–Crippen LogP) is 19.9. The van der Waals surface area contributed by atoms with Crippen molar-refractivity contribution in [2.45, 2.75) is 57.8 Å². The lowest BCUT2D eigenvalue weighted by atomic mass is 9.66. The van der Waals surface area contributed by atoms with Gasteiger partial charge in [0.25, 0.3) is 0 Å². The van der Waals surface area contributed by atoms with E-state index in [0.717, 1.165) is 0 Å². The van der Waals surface area contributed by atoms with E-state index in [1.165, 1.54) is 167 Å². The van der Waals surface area contributed by atoms with Crippen LogP contribution in [0.25, 0.3) is 66.8 Å². The molecule has 12 aromatic carbocycles. The monoisotopic (exact) mass is 1030 g/mol. The molecule has 384 valence electrons. The molecule has 81 heavy (non-hydrogen) atoms. The number of aryl methyl sites for hydroxylation is 6. The summed E-state index contributed by atoms with van der Waals surface area (Å²) in [6.07, 6.45) is 0.